The summed E-state index contributed by atoms with van der Waals surface area (Å²) < 4.78 is 50.0. The molecule has 0 aliphatic carbocycles. The van der Waals surface area contributed by atoms with Gasteiger partial charge in [-0.1, -0.05) is 36.4 Å². The van der Waals surface area contributed by atoms with Gasteiger partial charge in [-0.2, -0.15) is 13.2 Å². The van der Waals surface area contributed by atoms with Gasteiger partial charge in [0.05, 0.1) is 17.7 Å². The van der Waals surface area contributed by atoms with Crippen LogP contribution in [-0.2, 0) is 19.0 Å². The number of pyridine rings is 1. The molecule has 0 spiro atoms. The largest absolute Gasteiger partial charge is 0.487 e. The van der Waals surface area contributed by atoms with Crippen LogP contribution in [-0.4, -0.2) is 17.3 Å². The van der Waals surface area contributed by atoms with Crippen molar-refractivity contribution in [2.75, 3.05) is 12.4 Å². The number of thioether (sulfide) groups is 1. The number of ether oxygens (including phenoxy) is 1. The topological polar surface area (TPSA) is 52.3 Å². The van der Waals surface area contributed by atoms with E-state index in [2.05, 4.69) is 4.98 Å². The van der Waals surface area contributed by atoms with Gasteiger partial charge in [0.25, 0.3) is 0 Å². The summed E-state index contributed by atoms with van der Waals surface area (Å²) in [5.41, 5.74) is 0.651. The molecule has 2 heterocycles. The fourth-order valence-electron chi connectivity index (χ4n) is 3.76. The van der Waals surface area contributed by atoms with Gasteiger partial charge in [0, 0.05) is 29.0 Å². The highest BCUT2D eigenvalue weighted by Gasteiger charge is 2.30. The van der Waals surface area contributed by atoms with Crippen molar-refractivity contribution < 1.29 is 22.3 Å². The summed E-state index contributed by atoms with van der Waals surface area (Å²) >= 11 is 1.60. The van der Waals surface area contributed by atoms with E-state index in [1.165, 1.54) is 30.2 Å². The van der Waals surface area contributed by atoms with Gasteiger partial charge in [-0.05, 0) is 55.2 Å². The Morgan fingerprint density at radius 2 is 1.78 bits per heavy atom. The predicted octanol–water partition coefficient (Wildman–Crippen LogP) is 7.33. The number of unbranched alkanes of at least 4 members (excludes halogenated alkanes) is 2. The average Bonchev–Trinajstić information content (AvgIpc) is 2.87. The van der Waals surface area contributed by atoms with E-state index in [0.29, 0.717) is 24.3 Å². The molecule has 0 aliphatic rings. The van der Waals surface area contributed by atoms with Gasteiger partial charge in [-0.3, -0.25) is 9.78 Å². The van der Waals surface area contributed by atoms with Gasteiger partial charge < -0.3 is 9.15 Å². The van der Waals surface area contributed by atoms with Crippen molar-refractivity contribution in [3.8, 4) is 5.75 Å². The van der Waals surface area contributed by atoms with Crippen LogP contribution in [0.25, 0.3) is 10.9 Å². The molecule has 0 radical (unpaired) electrons. The molecule has 0 N–H and O–H groups in total. The van der Waals surface area contributed by atoms with Crippen molar-refractivity contribution in [2.45, 2.75) is 43.2 Å². The van der Waals surface area contributed by atoms with E-state index in [1.54, 1.807) is 11.8 Å². The Bertz CT molecular complexity index is 1340. The molecule has 8 heteroatoms. The first-order chi connectivity index (χ1) is 17.4. The first-order valence-electron chi connectivity index (χ1n) is 11.8. The Kier molecular flexibility index (Phi) is 8.70. The van der Waals surface area contributed by atoms with Gasteiger partial charge in [0.1, 0.15) is 12.0 Å². The quantitative estimate of drug-likeness (QED) is 0.155. The Hall–Kier alpha value is -3.26. The molecule has 36 heavy (non-hydrogen) atoms. The van der Waals surface area contributed by atoms with Crippen LogP contribution in [0.5, 0.6) is 5.75 Å². The zero-order chi connectivity index (χ0) is 25.4. The van der Waals surface area contributed by atoms with Crippen molar-refractivity contribution in [3.05, 3.63) is 100 Å². The van der Waals surface area contributed by atoms with Crippen LogP contribution >= 0.6 is 11.8 Å². The molecule has 4 rings (SSSR count). The Balaban J connectivity index is 1.18. The molecule has 4 nitrogen and oxygen atoms in total. The highest BCUT2D eigenvalue weighted by atomic mass is 32.2. The van der Waals surface area contributed by atoms with Crippen molar-refractivity contribution in [1.29, 1.82) is 0 Å². The molecule has 0 bridgehead atoms. The number of aryl methyl sites for hydroxylation is 2. The first kappa shape index (κ1) is 25.8. The number of aromatic nitrogens is 1. The molecule has 0 atom stereocenters. The molecular weight excluding hydrogens is 487 g/mol. The summed E-state index contributed by atoms with van der Waals surface area (Å²) in [5.74, 6) is 1.67. The normalized spacial score (nSPS) is 11.6. The highest BCUT2D eigenvalue weighted by Crippen LogP contribution is 2.34. The highest BCUT2D eigenvalue weighted by molar-refractivity contribution is 7.99. The maximum Gasteiger partial charge on any atom is 0.416 e. The average molecular weight is 514 g/mol. The van der Waals surface area contributed by atoms with E-state index in [0.717, 1.165) is 53.9 Å². The summed E-state index contributed by atoms with van der Waals surface area (Å²) in [6, 6.07) is 17.0. The molecule has 0 aliphatic heterocycles. The molecule has 0 unspecified atom stereocenters. The van der Waals surface area contributed by atoms with Crippen LogP contribution in [0.2, 0.25) is 0 Å². The summed E-state index contributed by atoms with van der Waals surface area (Å²) in [7, 11) is 0. The molecule has 0 saturated carbocycles. The second-order valence-electron chi connectivity index (χ2n) is 8.36. The van der Waals surface area contributed by atoms with Gasteiger partial charge in [0.15, 0.2) is 0 Å². The van der Waals surface area contributed by atoms with Crippen molar-refractivity contribution in [2.24, 2.45) is 0 Å². The molecule has 4 aromatic rings. The Morgan fingerprint density at radius 1 is 0.944 bits per heavy atom. The first-order valence-corrected chi connectivity index (χ1v) is 12.8. The lowest BCUT2D eigenvalue weighted by Crippen LogP contribution is -2.09. The van der Waals surface area contributed by atoms with Crippen molar-refractivity contribution in [1.82, 2.24) is 4.98 Å². The number of rotatable bonds is 11. The fourth-order valence-corrected chi connectivity index (χ4v) is 4.81. The maximum atomic E-state index is 12.9. The monoisotopic (exact) mass is 513 g/mol. The second kappa shape index (κ2) is 12.1. The van der Waals surface area contributed by atoms with Crippen molar-refractivity contribution in [3.63, 3.8) is 0 Å². The third-order valence-electron chi connectivity index (χ3n) is 5.69. The van der Waals surface area contributed by atoms with Gasteiger partial charge in [-0.25, -0.2) is 0 Å². The molecular formula is C28H26F3NO3S. The number of hydrogen-bond acceptors (Lipinski definition) is 5. The molecule has 0 fully saturated rings. The minimum Gasteiger partial charge on any atom is -0.487 e. The lowest BCUT2D eigenvalue weighted by Gasteiger charge is -2.10. The summed E-state index contributed by atoms with van der Waals surface area (Å²) in [6.45, 7) is 0.414. The number of benzene rings is 2. The van der Waals surface area contributed by atoms with Crippen molar-refractivity contribution >= 4 is 22.7 Å². The zero-order valence-corrected chi connectivity index (χ0v) is 20.4. The van der Waals surface area contributed by atoms with E-state index in [9.17, 15) is 18.0 Å². The third kappa shape index (κ3) is 7.13. The Labute approximate surface area is 211 Å². The van der Waals surface area contributed by atoms with Gasteiger partial charge >= 0.3 is 6.18 Å². The standard InChI is InChI=1S/C28H26F3NO3S/c29-28(30,31)21-10-12-23-24(17-21)32-14-13-27(23)36-16-6-2-5-15-34-26-19-35-22(18-25(26)33)11-9-20-7-3-1-4-8-20/h1,3-4,7-8,10,12-14,17-19H,2,5-6,9,11,15-16H2. The number of halogens is 3. The van der Waals surface area contributed by atoms with Crippen LogP contribution in [0, 0.1) is 0 Å². The number of nitrogens with zero attached hydrogens (tertiary/aromatic N) is 1. The van der Waals surface area contributed by atoms with E-state index in [4.69, 9.17) is 9.15 Å². The van der Waals surface area contributed by atoms with E-state index < -0.39 is 11.7 Å². The smallest absolute Gasteiger partial charge is 0.416 e. The lowest BCUT2D eigenvalue weighted by atomic mass is 10.1. The van der Waals surface area contributed by atoms with E-state index in [-0.39, 0.29) is 11.2 Å². The maximum absolute atomic E-state index is 12.9. The summed E-state index contributed by atoms with van der Waals surface area (Å²) in [6.07, 6.45) is 2.57. The number of hydrogen-bond donors (Lipinski definition) is 0. The van der Waals surface area contributed by atoms with E-state index >= 15 is 0 Å². The summed E-state index contributed by atoms with van der Waals surface area (Å²) in [4.78, 5) is 17.3. The molecule has 188 valence electrons. The van der Waals surface area contributed by atoms with Crippen LogP contribution in [0.15, 0.2) is 87.2 Å². The number of fused-ring (bicyclic) bond motifs is 1. The van der Waals surface area contributed by atoms with E-state index in [1.807, 2.05) is 36.4 Å². The van der Waals surface area contributed by atoms with Gasteiger partial charge in [0.2, 0.25) is 11.2 Å². The van der Waals surface area contributed by atoms with Crippen LogP contribution in [0.1, 0.15) is 36.1 Å². The third-order valence-corrected chi connectivity index (χ3v) is 6.85. The SMILES string of the molecule is O=c1cc(CCc2ccccc2)occ1OCCCCCSc1ccnc2cc(C(F)(F)F)ccc12. The number of alkyl halides is 3. The fraction of sp³-hybridized carbons (Fsp3) is 0.286. The minimum atomic E-state index is -4.38. The minimum absolute atomic E-state index is 0.182. The lowest BCUT2D eigenvalue weighted by molar-refractivity contribution is -0.137. The molecule has 2 aromatic heterocycles. The molecule has 2 aromatic carbocycles. The zero-order valence-electron chi connectivity index (χ0n) is 19.6. The second-order valence-corrected chi connectivity index (χ2v) is 9.49. The van der Waals surface area contributed by atoms with Crippen LogP contribution in [0.4, 0.5) is 13.2 Å². The van der Waals surface area contributed by atoms with Crippen LogP contribution < -0.4 is 10.2 Å². The molecule has 0 saturated heterocycles. The predicted molar refractivity (Wildman–Crippen MR) is 136 cm³/mol. The van der Waals surface area contributed by atoms with Crippen LogP contribution in [0.3, 0.4) is 0 Å². The Morgan fingerprint density at radius 3 is 2.56 bits per heavy atom. The van der Waals surface area contributed by atoms with Gasteiger partial charge in [-0.15, -0.1) is 11.8 Å². The summed E-state index contributed by atoms with van der Waals surface area (Å²) in [5, 5.41) is 0.720. The molecule has 0 amide bonds.